The van der Waals surface area contributed by atoms with E-state index in [-0.39, 0.29) is 68.3 Å². The number of hydrazone groups is 4. The molecule has 0 aromatic heterocycles. The third kappa shape index (κ3) is 50.1. The third-order valence-electron chi connectivity index (χ3n) is 11.4. The summed E-state index contributed by atoms with van der Waals surface area (Å²) in [5, 5.41) is 32.1. The Kier molecular flexibility index (Phi) is 61.5. The van der Waals surface area contributed by atoms with Crippen molar-refractivity contribution in [3.8, 4) is 0 Å². The van der Waals surface area contributed by atoms with Crippen LogP contribution in [-0.2, 0) is 68.3 Å². The predicted octanol–water partition coefficient (Wildman–Crippen LogP) is 7.43. The van der Waals surface area contributed by atoms with Gasteiger partial charge in [0.1, 0.15) is 0 Å². The molecule has 0 heterocycles. The van der Waals surface area contributed by atoms with Crippen LogP contribution in [0.25, 0.3) is 0 Å². The summed E-state index contributed by atoms with van der Waals surface area (Å²) in [6.45, 7) is 8.73. The first-order valence-corrected chi connectivity index (χ1v) is 29.3. The zero-order valence-electron chi connectivity index (χ0n) is 48.1. The Labute approximate surface area is 589 Å². The molecule has 0 aromatic rings. The summed E-state index contributed by atoms with van der Waals surface area (Å²) in [5.41, 5.74) is 11.6. The first-order chi connectivity index (χ1) is 40.4. The van der Waals surface area contributed by atoms with Crippen LogP contribution in [0.4, 0.5) is 0 Å². The van der Waals surface area contributed by atoms with Crippen molar-refractivity contribution in [2.45, 2.75) is 38.5 Å². The number of rotatable bonds is 29. The minimum Gasteiger partial charge on any atom is -0.361 e. The molecule has 0 saturated heterocycles. The van der Waals surface area contributed by atoms with E-state index in [1.807, 2.05) is 231 Å². The van der Waals surface area contributed by atoms with E-state index in [1.54, 1.807) is 24.9 Å². The molecule has 0 atom stereocenters. The minimum absolute atomic E-state index is 0. The summed E-state index contributed by atoms with van der Waals surface area (Å²) in [4.78, 5) is 5.05. The van der Waals surface area contributed by atoms with E-state index in [4.69, 9.17) is 48.9 Å². The standard InChI is InChI=1S/C44H60N14S4.4C5H5.4Fe/c59-41(53-49-33-37-15-1-2-16-37)45-23-11-29-57(30-12-24-46-42(60)54-50-34-38-17-3-4-18-38)27-9-10-28-58(31-13-25-47-43(61)55-51-35-39-19-5-6-20-39)32-14-26-48-44(62)56-52-36-40-21-7-8-22-40;4*1-2-4-5-3-1;;;;/h1-8,15-22,33-36H,9-14,23-32H2,(H2,45,53,59)(H2,46,54,60)(H2,47,55,61)(H2,48,56,62);4*1-5H;;;;/q;;;;;4*+2/b49-33+,50-34+,51-35+,52-36+;;;;;;;;. The van der Waals surface area contributed by atoms with Crippen molar-refractivity contribution < 1.29 is 68.3 Å². The zero-order valence-corrected chi connectivity index (χ0v) is 55.8. The molecule has 40 radical (unpaired) electrons. The normalized spacial score (nSPS) is 18.6. The molecule has 86 heavy (non-hydrogen) atoms. The minimum atomic E-state index is 0. The maximum Gasteiger partial charge on any atom is 2.00 e. The molecule has 8 N–H and O–H groups in total. The van der Waals surface area contributed by atoms with Crippen LogP contribution in [0.15, 0.2) is 20.4 Å². The van der Waals surface area contributed by atoms with Gasteiger partial charge in [-0.05, 0) is 358 Å². The Morgan fingerprint density at radius 2 is 0.430 bits per heavy atom. The molecule has 8 fully saturated rings. The number of unbranched alkanes of at least 4 members (excludes halogenated alkanes) is 1. The molecule has 8 saturated carbocycles. The van der Waals surface area contributed by atoms with Crippen LogP contribution < -0.4 is 43.0 Å². The van der Waals surface area contributed by atoms with Crippen LogP contribution >= 0.6 is 48.9 Å². The molecule has 0 amide bonds. The molecule has 454 valence electrons. The van der Waals surface area contributed by atoms with Gasteiger partial charge in [-0.3, -0.25) is 21.7 Å². The van der Waals surface area contributed by atoms with E-state index >= 15 is 0 Å². The molecular formula is C64H80Fe4N14S4+8. The SMILES string of the molecule is S=C(NCCCN(CCCCN(CCCNC(=S)N/N=C/[C]1[CH][CH][CH][CH]1)CCCNC(=S)N/N=C/[C]1[CH][CH][CH][CH]1)CCCNC(=S)N/N=C/[C]1[CH][CH][CH][CH]1)N/N=C/[C]1[CH][CH][CH][CH]1.[CH]1[CH][CH][CH][CH]1.[CH]1[CH][CH][CH][CH]1.[CH]1[CH][CH][CH][CH]1.[CH]1[CH][CH][CH][CH]1.[Fe+2].[Fe+2].[Fe+2].[Fe+2]. The summed E-state index contributed by atoms with van der Waals surface area (Å²) in [7, 11) is 0. The largest absolute Gasteiger partial charge is 2.00 e. The van der Waals surface area contributed by atoms with Crippen LogP contribution in [0.5, 0.6) is 0 Å². The van der Waals surface area contributed by atoms with Crippen LogP contribution in [-0.4, -0.2) is 121 Å². The Balaban J connectivity index is 0.00000251. The summed E-state index contributed by atoms with van der Waals surface area (Å²) in [6, 6.07) is 0. The van der Waals surface area contributed by atoms with Gasteiger partial charge in [0.25, 0.3) is 0 Å². The topological polar surface area (TPSA) is 152 Å². The van der Waals surface area contributed by atoms with Crippen molar-refractivity contribution >= 4 is 94.2 Å². The Morgan fingerprint density at radius 3 is 0.605 bits per heavy atom. The van der Waals surface area contributed by atoms with Gasteiger partial charge in [-0.15, -0.1) is 0 Å². The van der Waals surface area contributed by atoms with Crippen molar-refractivity contribution in [1.29, 1.82) is 0 Å². The molecule has 8 rings (SSSR count). The maximum atomic E-state index is 5.44. The Morgan fingerprint density at radius 1 is 0.267 bits per heavy atom. The molecule has 0 spiro atoms. The van der Waals surface area contributed by atoms with Crippen LogP contribution in [0, 0.1) is 255 Å². The third-order valence-corrected chi connectivity index (χ3v) is 12.4. The average molecular weight is 1400 g/mol. The van der Waals surface area contributed by atoms with E-state index in [0.29, 0.717) is 20.4 Å². The molecule has 22 heteroatoms. The number of nitrogens with zero attached hydrogens (tertiary/aromatic N) is 6. The predicted molar refractivity (Wildman–Crippen MR) is 357 cm³/mol. The molecule has 0 aliphatic heterocycles. The second-order valence-corrected chi connectivity index (χ2v) is 19.7. The monoisotopic (exact) mass is 1400 g/mol. The van der Waals surface area contributed by atoms with E-state index in [0.717, 1.165) is 128 Å². The van der Waals surface area contributed by atoms with Crippen LogP contribution in [0.3, 0.4) is 0 Å². The van der Waals surface area contributed by atoms with Crippen molar-refractivity contribution in [3.05, 3.63) is 255 Å². The molecule has 0 unspecified atom stereocenters. The number of hydrogen-bond acceptors (Lipinski definition) is 10. The van der Waals surface area contributed by atoms with Gasteiger partial charge < -0.3 is 31.1 Å². The summed E-state index contributed by atoms with van der Waals surface area (Å²) >= 11 is 21.7. The molecular weight excluding hydrogens is 1320 g/mol. The van der Waals surface area contributed by atoms with E-state index in [2.05, 4.69) is 73.2 Å². The molecule has 0 aromatic carbocycles. The Bertz CT molecular complexity index is 1450. The first kappa shape index (κ1) is 85.4. The smallest absolute Gasteiger partial charge is 0.361 e. The fraction of sp³-hybridized carbons (Fsp3) is 0.250. The summed E-state index contributed by atoms with van der Waals surface area (Å²) in [5.74, 6) is 4.10. The molecule has 0 bridgehead atoms. The maximum absolute atomic E-state index is 5.44. The first-order valence-electron chi connectivity index (χ1n) is 27.7. The van der Waals surface area contributed by atoms with Gasteiger partial charge >= 0.3 is 68.3 Å². The van der Waals surface area contributed by atoms with Gasteiger partial charge in [0, 0.05) is 74.7 Å². The van der Waals surface area contributed by atoms with E-state index in [1.165, 1.54) is 0 Å². The number of thiocarbonyl (C=S) groups is 4. The fourth-order valence-electron chi connectivity index (χ4n) is 7.36. The van der Waals surface area contributed by atoms with Crippen LogP contribution in [0.1, 0.15) is 38.5 Å². The quantitative estimate of drug-likeness (QED) is 0.0123. The molecule has 8 aliphatic rings. The number of nitrogens with one attached hydrogen (secondary N) is 8. The van der Waals surface area contributed by atoms with Gasteiger partial charge in [-0.25, -0.2) is 0 Å². The fourth-order valence-corrected chi connectivity index (χ4v) is 7.98. The second kappa shape index (κ2) is 61.9. The second-order valence-electron chi connectivity index (χ2n) is 18.0. The van der Waals surface area contributed by atoms with Gasteiger partial charge in [0.15, 0.2) is 20.4 Å². The van der Waals surface area contributed by atoms with Gasteiger partial charge in [-0.2, -0.15) is 20.4 Å². The van der Waals surface area contributed by atoms with Gasteiger partial charge in [-0.1, -0.05) is 0 Å². The van der Waals surface area contributed by atoms with Crippen molar-refractivity contribution in [3.63, 3.8) is 0 Å². The van der Waals surface area contributed by atoms with Crippen LogP contribution in [0.2, 0.25) is 0 Å². The van der Waals surface area contributed by atoms with Crippen molar-refractivity contribution in [2.75, 3.05) is 65.4 Å². The van der Waals surface area contributed by atoms with E-state index < -0.39 is 0 Å². The number of hydrogen-bond donors (Lipinski definition) is 8. The summed E-state index contributed by atoms with van der Waals surface area (Å²) in [6.07, 6.45) is 84.7. The molecule has 14 nitrogen and oxygen atoms in total. The van der Waals surface area contributed by atoms with Gasteiger partial charge in [0.05, 0.1) is 0 Å². The van der Waals surface area contributed by atoms with Crippen molar-refractivity contribution in [1.82, 2.24) is 52.8 Å². The Hall–Kier alpha value is -0.562. The zero-order chi connectivity index (χ0) is 57.9. The van der Waals surface area contributed by atoms with E-state index in [9.17, 15) is 0 Å². The van der Waals surface area contributed by atoms with Crippen molar-refractivity contribution in [2.24, 2.45) is 20.4 Å². The summed E-state index contributed by atoms with van der Waals surface area (Å²) < 4.78 is 0. The van der Waals surface area contributed by atoms with Gasteiger partial charge in [0.2, 0.25) is 0 Å². The molecule has 8 aliphatic carbocycles. The average Bonchev–Trinajstić information content (AvgIpc) is 4.35.